The lowest BCUT2D eigenvalue weighted by Gasteiger charge is -2.25. The molecule has 7 nitrogen and oxygen atoms in total. The zero-order chi connectivity index (χ0) is 24.2. The van der Waals surface area contributed by atoms with Crippen molar-refractivity contribution in [2.24, 2.45) is 0 Å². The van der Waals surface area contributed by atoms with Crippen LogP contribution >= 0.6 is 23.2 Å². The summed E-state index contributed by atoms with van der Waals surface area (Å²) in [5, 5.41) is 9.41. The standard InChI is InChI=1S/C26H26Cl2N6O/c1-17(26-21(27)14-29-15-22(26)28)35-19-6-8-24-20(11-19)23(32-33-24)7-5-18-12-30-25(31-13-18)16-34-9-3-2-4-10-34/h5-8,11-15,17H,2-4,9-10,16H2,1H3,(H,32,33)/b7-5+. The maximum absolute atomic E-state index is 6.29. The number of nitrogens with zero attached hydrogens (tertiary/aromatic N) is 5. The molecule has 1 aliphatic heterocycles. The van der Waals surface area contributed by atoms with E-state index in [2.05, 4.69) is 30.0 Å². The minimum atomic E-state index is -0.345. The maximum Gasteiger partial charge on any atom is 0.142 e. The van der Waals surface area contributed by atoms with Gasteiger partial charge in [-0.05, 0) is 63.2 Å². The molecule has 35 heavy (non-hydrogen) atoms. The van der Waals surface area contributed by atoms with Gasteiger partial charge >= 0.3 is 0 Å². The third kappa shape index (κ3) is 5.64. The number of hydrogen-bond acceptors (Lipinski definition) is 6. The molecule has 0 aliphatic carbocycles. The maximum atomic E-state index is 6.29. The van der Waals surface area contributed by atoms with E-state index in [1.165, 1.54) is 19.3 Å². The number of fused-ring (bicyclic) bond motifs is 1. The Morgan fingerprint density at radius 3 is 2.51 bits per heavy atom. The molecule has 1 aromatic carbocycles. The fourth-order valence-corrected chi connectivity index (χ4v) is 4.98. The van der Waals surface area contributed by atoms with Gasteiger partial charge in [0, 0.05) is 41.3 Å². The van der Waals surface area contributed by atoms with Crippen molar-refractivity contribution in [3.8, 4) is 5.75 Å². The largest absolute Gasteiger partial charge is 0.486 e. The lowest BCUT2D eigenvalue weighted by atomic mass is 10.1. The fourth-order valence-electron chi connectivity index (χ4n) is 4.31. The van der Waals surface area contributed by atoms with E-state index in [0.717, 1.165) is 47.6 Å². The highest BCUT2D eigenvalue weighted by molar-refractivity contribution is 6.35. The van der Waals surface area contributed by atoms with Crippen molar-refractivity contribution in [1.82, 2.24) is 30.0 Å². The molecule has 180 valence electrons. The molecule has 0 radical (unpaired) electrons. The van der Waals surface area contributed by atoms with Gasteiger partial charge in [-0.15, -0.1) is 0 Å². The van der Waals surface area contributed by atoms with Gasteiger partial charge in [0.25, 0.3) is 0 Å². The Kier molecular flexibility index (Phi) is 7.27. The molecule has 1 saturated heterocycles. The van der Waals surface area contributed by atoms with Gasteiger partial charge in [0.2, 0.25) is 0 Å². The normalized spacial score (nSPS) is 15.6. The zero-order valence-corrected chi connectivity index (χ0v) is 20.9. The van der Waals surface area contributed by atoms with Crippen molar-refractivity contribution in [3.63, 3.8) is 0 Å². The molecule has 0 spiro atoms. The third-order valence-electron chi connectivity index (χ3n) is 6.15. The van der Waals surface area contributed by atoms with Crippen LogP contribution in [0.15, 0.2) is 43.0 Å². The van der Waals surface area contributed by atoms with E-state index in [-0.39, 0.29) is 6.10 Å². The Labute approximate surface area is 214 Å². The van der Waals surface area contributed by atoms with Crippen LogP contribution in [-0.2, 0) is 6.54 Å². The summed E-state index contributed by atoms with van der Waals surface area (Å²) in [5.74, 6) is 1.55. The van der Waals surface area contributed by atoms with Crippen molar-refractivity contribution >= 4 is 46.3 Å². The number of aromatic nitrogens is 5. The molecule has 0 saturated carbocycles. The quantitative estimate of drug-likeness (QED) is 0.313. The van der Waals surface area contributed by atoms with Crippen LogP contribution in [0.3, 0.4) is 0 Å². The van der Waals surface area contributed by atoms with Crippen LogP contribution in [0.25, 0.3) is 23.1 Å². The monoisotopic (exact) mass is 508 g/mol. The third-order valence-corrected chi connectivity index (χ3v) is 6.75. The van der Waals surface area contributed by atoms with Crippen molar-refractivity contribution in [2.75, 3.05) is 13.1 Å². The first-order valence-electron chi connectivity index (χ1n) is 11.7. The Morgan fingerprint density at radius 1 is 1.03 bits per heavy atom. The summed E-state index contributed by atoms with van der Waals surface area (Å²) in [6, 6.07) is 5.79. The highest BCUT2D eigenvalue weighted by atomic mass is 35.5. The van der Waals surface area contributed by atoms with Crippen LogP contribution in [0.5, 0.6) is 5.75 Å². The predicted molar refractivity (Wildman–Crippen MR) is 139 cm³/mol. The number of halogens is 2. The molecular weight excluding hydrogens is 483 g/mol. The van der Waals surface area contributed by atoms with Gasteiger partial charge in [0.15, 0.2) is 0 Å². The summed E-state index contributed by atoms with van der Waals surface area (Å²) < 4.78 is 6.15. The second kappa shape index (κ2) is 10.7. The van der Waals surface area contributed by atoms with Crippen LogP contribution in [0.4, 0.5) is 0 Å². The fraction of sp³-hybridized carbons (Fsp3) is 0.308. The van der Waals surface area contributed by atoms with Gasteiger partial charge in [0.05, 0.1) is 27.8 Å². The molecule has 4 aromatic rings. The van der Waals surface area contributed by atoms with Gasteiger partial charge < -0.3 is 4.74 Å². The number of hydrogen-bond donors (Lipinski definition) is 1. The van der Waals surface area contributed by atoms with Crippen LogP contribution in [0, 0.1) is 0 Å². The number of pyridine rings is 1. The summed E-state index contributed by atoms with van der Waals surface area (Å²) in [5.41, 5.74) is 3.35. The lowest BCUT2D eigenvalue weighted by Crippen LogP contribution is -2.29. The van der Waals surface area contributed by atoms with E-state index in [1.54, 1.807) is 12.4 Å². The molecular formula is C26H26Cl2N6O. The van der Waals surface area contributed by atoms with Gasteiger partial charge in [-0.3, -0.25) is 15.0 Å². The van der Waals surface area contributed by atoms with Crippen molar-refractivity contribution < 1.29 is 4.74 Å². The second-order valence-corrected chi connectivity index (χ2v) is 9.51. The van der Waals surface area contributed by atoms with Crippen molar-refractivity contribution in [1.29, 1.82) is 0 Å². The first kappa shape index (κ1) is 23.7. The molecule has 1 N–H and O–H groups in total. The van der Waals surface area contributed by atoms with Crippen molar-refractivity contribution in [2.45, 2.75) is 38.8 Å². The van der Waals surface area contributed by atoms with Crippen LogP contribution in [0.1, 0.15) is 54.9 Å². The second-order valence-electron chi connectivity index (χ2n) is 8.70. The minimum absolute atomic E-state index is 0.345. The Morgan fingerprint density at radius 2 is 1.77 bits per heavy atom. The Hall–Kier alpha value is -3.00. The van der Waals surface area contributed by atoms with Gasteiger partial charge in [-0.1, -0.05) is 29.6 Å². The first-order valence-corrected chi connectivity index (χ1v) is 12.5. The summed E-state index contributed by atoms with van der Waals surface area (Å²) in [4.78, 5) is 15.5. The van der Waals surface area contributed by atoms with E-state index in [1.807, 2.05) is 49.7 Å². The lowest BCUT2D eigenvalue weighted by molar-refractivity contribution is 0.216. The van der Waals surface area contributed by atoms with Crippen LogP contribution in [0.2, 0.25) is 10.0 Å². The molecule has 5 rings (SSSR count). The Balaban J connectivity index is 1.29. The summed E-state index contributed by atoms with van der Waals surface area (Å²) in [6.07, 6.45) is 14.3. The van der Waals surface area contributed by atoms with Crippen LogP contribution < -0.4 is 4.74 Å². The van der Waals surface area contributed by atoms with Gasteiger partial charge in [-0.2, -0.15) is 5.10 Å². The molecule has 9 heteroatoms. The number of rotatable bonds is 7. The van der Waals surface area contributed by atoms with E-state index in [0.29, 0.717) is 21.4 Å². The van der Waals surface area contributed by atoms with E-state index < -0.39 is 0 Å². The zero-order valence-electron chi connectivity index (χ0n) is 19.4. The topological polar surface area (TPSA) is 79.8 Å². The molecule has 1 fully saturated rings. The highest BCUT2D eigenvalue weighted by Gasteiger charge is 2.17. The number of aromatic amines is 1. The summed E-state index contributed by atoms with van der Waals surface area (Å²) in [7, 11) is 0. The number of likely N-dealkylation sites (tertiary alicyclic amines) is 1. The van der Waals surface area contributed by atoms with Gasteiger partial charge in [0.1, 0.15) is 17.7 Å². The molecule has 1 atom stereocenters. The van der Waals surface area contributed by atoms with Gasteiger partial charge in [-0.25, -0.2) is 9.97 Å². The molecule has 0 amide bonds. The van der Waals surface area contributed by atoms with E-state index in [4.69, 9.17) is 27.9 Å². The first-order chi connectivity index (χ1) is 17.1. The van der Waals surface area contributed by atoms with E-state index >= 15 is 0 Å². The highest BCUT2D eigenvalue weighted by Crippen LogP contribution is 2.33. The minimum Gasteiger partial charge on any atom is -0.486 e. The Bertz CT molecular complexity index is 1310. The number of nitrogens with one attached hydrogen (secondary N) is 1. The SMILES string of the molecule is CC(Oc1ccc2[nH]nc(/C=C/c3cnc(CN4CCCCC4)nc3)c2c1)c1c(Cl)cncc1Cl. The summed E-state index contributed by atoms with van der Waals surface area (Å²) in [6.45, 7) is 4.97. The number of benzene rings is 1. The summed E-state index contributed by atoms with van der Waals surface area (Å²) >= 11 is 12.6. The molecule has 3 aromatic heterocycles. The van der Waals surface area contributed by atoms with E-state index in [9.17, 15) is 0 Å². The number of piperidine rings is 1. The van der Waals surface area contributed by atoms with Crippen molar-refractivity contribution in [3.05, 3.63) is 75.7 Å². The average Bonchev–Trinajstić information content (AvgIpc) is 3.26. The molecule has 1 unspecified atom stereocenters. The molecule has 1 aliphatic rings. The smallest absolute Gasteiger partial charge is 0.142 e. The number of ether oxygens (including phenoxy) is 1. The average molecular weight is 509 g/mol. The van der Waals surface area contributed by atoms with Crippen LogP contribution in [-0.4, -0.2) is 43.1 Å². The number of H-pyrrole nitrogens is 1. The molecule has 0 bridgehead atoms. The predicted octanol–water partition coefficient (Wildman–Crippen LogP) is 6.35. The molecule has 4 heterocycles.